The van der Waals surface area contributed by atoms with Crippen LogP contribution in [0.2, 0.25) is 0 Å². The first-order valence-electron chi connectivity index (χ1n) is 10.6. The van der Waals surface area contributed by atoms with Crippen LogP contribution < -0.4 is 4.74 Å². The number of carbonyl (C=O) groups is 1. The Hall–Kier alpha value is -3.23. The summed E-state index contributed by atoms with van der Waals surface area (Å²) >= 11 is 1.56. The fraction of sp³-hybridized carbons (Fsp3) is 0.192. The van der Waals surface area contributed by atoms with E-state index in [1.165, 1.54) is 17.0 Å². The number of methoxy groups -OCH3 is 1. The summed E-state index contributed by atoms with van der Waals surface area (Å²) in [5.74, 6) is -0.794. The monoisotopic (exact) mass is 495 g/mol. The molecular formula is C26H25NO5S2. The van der Waals surface area contributed by atoms with Crippen LogP contribution in [0.15, 0.2) is 93.3 Å². The van der Waals surface area contributed by atoms with E-state index in [9.17, 15) is 18.3 Å². The highest BCUT2D eigenvalue weighted by atomic mass is 32.2. The van der Waals surface area contributed by atoms with E-state index >= 15 is 0 Å². The van der Waals surface area contributed by atoms with Crippen LogP contribution in [0.3, 0.4) is 0 Å². The zero-order chi connectivity index (χ0) is 24.5. The van der Waals surface area contributed by atoms with Crippen LogP contribution in [-0.2, 0) is 21.2 Å². The second kappa shape index (κ2) is 9.56. The lowest BCUT2D eigenvalue weighted by Gasteiger charge is -2.27. The first-order valence-corrected chi connectivity index (χ1v) is 13.3. The minimum atomic E-state index is -4.14. The SMILES string of the molecule is COc1ccc(CN2C(=O)C(O)=C(S(=O)(=O)c3ccc(C)cc3)[C@H]2c2ccc(SC)cc2)cc1. The highest BCUT2D eigenvalue weighted by Crippen LogP contribution is 2.43. The van der Waals surface area contributed by atoms with Crippen molar-refractivity contribution < 1.29 is 23.1 Å². The Morgan fingerprint density at radius 1 is 0.971 bits per heavy atom. The number of hydrogen-bond acceptors (Lipinski definition) is 6. The molecule has 4 rings (SSSR count). The molecule has 0 bridgehead atoms. The van der Waals surface area contributed by atoms with Crippen molar-refractivity contribution in [3.8, 4) is 5.75 Å². The Balaban J connectivity index is 1.82. The van der Waals surface area contributed by atoms with Crippen molar-refractivity contribution in [2.75, 3.05) is 13.4 Å². The molecule has 176 valence electrons. The van der Waals surface area contributed by atoms with Gasteiger partial charge in [-0.1, -0.05) is 42.0 Å². The number of nitrogens with zero attached hydrogens (tertiary/aromatic N) is 1. The second-order valence-electron chi connectivity index (χ2n) is 7.99. The van der Waals surface area contributed by atoms with Crippen molar-refractivity contribution in [1.29, 1.82) is 0 Å². The molecule has 34 heavy (non-hydrogen) atoms. The molecule has 3 aromatic rings. The van der Waals surface area contributed by atoms with Crippen LogP contribution in [0.25, 0.3) is 0 Å². The smallest absolute Gasteiger partial charge is 0.290 e. The van der Waals surface area contributed by atoms with Gasteiger partial charge in [0.05, 0.1) is 18.0 Å². The molecule has 1 aliphatic heterocycles. The van der Waals surface area contributed by atoms with E-state index in [1.807, 2.05) is 37.4 Å². The molecule has 1 amide bonds. The van der Waals surface area contributed by atoms with Gasteiger partial charge in [-0.05, 0) is 60.7 Å². The minimum Gasteiger partial charge on any atom is -0.502 e. The third-order valence-electron chi connectivity index (χ3n) is 5.82. The molecule has 1 aliphatic rings. The largest absolute Gasteiger partial charge is 0.502 e. The van der Waals surface area contributed by atoms with Crippen molar-refractivity contribution in [2.24, 2.45) is 0 Å². The lowest BCUT2D eigenvalue weighted by molar-refractivity contribution is -0.130. The van der Waals surface area contributed by atoms with Gasteiger partial charge in [0, 0.05) is 11.4 Å². The maximum atomic E-state index is 13.7. The number of aryl methyl sites for hydroxylation is 1. The van der Waals surface area contributed by atoms with E-state index in [4.69, 9.17) is 4.74 Å². The van der Waals surface area contributed by atoms with Gasteiger partial charge in [0.15, 0.2) is 5.76 Å². The average Bonchev–Trinajstić information content (AvgIpc) is 3.10. The standard InChI is InChI=1S/C26H25NO5S2/c1-17-4-14-22(15-5-17)34(30,31)25-23(19-8-12-21(33-3)13-9-19)27(26(29)24(25)28)16-18-6-10-20(32-2)11-7-18/h4-15,23,28H,16H2,1-3H3/t23-/m1/s1. The number of amides is 1. The summed E-state index contributed by atoms with van der Waals surface area (Å²) in [6.07, 6.45) is 1.95. The van der Waals surface area contributed by atoms with E-state index in [1.54, 1.807) is 55.3 Å². The van der Waals surface area contributed by atoms with Crippen molar-refractivity contribution in [3.05, 3.63) is 100 Å². The molecule has 0 spiro atoms. The number of aliphatic hydroxyl groups is 1. The third kappa shape index (κ3) is 4.43. The highest BCUT2D eigenvalue weighted by Gasteiger charge is 2.46. The number of aliphatic hydroxyl groups excluding tert-OH is 1. The molecule has 1 atom stereocenters. The van der Waals surface area contributed by atoms with Crippen LogP contribution in [-0.4, -0.2) is 37.7 Å². The number of thioether (sulfide) groups is 1. The van der Waals surface area contributed by atoms with Crippen molar-refractivity contribution in [1.82, 2.24) is 4.90 Å². The molecule has 1 N–H and O–H groups in total. The van der Waals surface area contributed by atoms with E-state index in [-0.39, 0.29) is 16.3 Å². The third-order valence-corrected chi connectivity index (χ3v) is 8.45. The van der Waals surface area contributed by atoms with Gasteiger partial charge in [-0.2, -0.15) is 0 Å². The summed E-state index contributed by atoms with van der Waals surface area (Å²) in [5, 5.41) is 10.9. The van der Waals surface area contributed by atoms with Crippen molar-refractivity contribution in [2.45, 2.75) is 29.3 Å². The Bertz CT molecular complexity index is 1330. The highest BCUT2D eigenvalue weighted by molar-refractivity contribution is 7.98. The van der Waals surface area contributed by atoms with E-state index in [0.717, 1.165) is 16.0 Å². The summed E-state index contributed by atoms with van der Waals surface area (Å²) in [5.41, 5.74) is 2.29. The molecule has 8 heteroatoms. The Morgan fingerprint density at radius 2 is 1.59 bits per heavy atom. The van der Waals surface area contributed by atoms with Crippen LogP contribution in [0.1, 0.15) is 22.7 Å². The number of carbonyl (C=O) groups excluding carboxylic acids is 1. The maximum Gasteiger partial charge on any atom is 0.290 e. The summed E-state index contributed by atoms with van der Waals surface area (Å²) in [6.45, 7) is 1.98. The zero-order valence-corrected chi connectivity index (χ0v) is 20.7. The second-order valence-corrected chi connectivity index (χ2v) is 10.8. The number of hydrogen-bond donors (Lipinski definition) is 1. The summed E-state index contributed by atoms with van der Waals surface area (Å²) in [7, 11) is -2.58. The molecule has 0 saturated carbocycles. The number of ether oxygens (including phenoxy) is 1. The lowest BCUT2D eigenvalue weighted by atomic mass is 10.1. The number of benzene rings is 3. The van der Waals surface area contributed by atoms with Crippen molar-refractivity contribution >= 4 is 27.5 Å². The molecule has 1 heterocycles. The van der Waals surface area contributed by atoms with E-state index < -0.39 is 27.5 Å². The Labute approximate surface area is 203 Å². The normalized spacial score (nSPS) is 16.3. The molecule has 0 aliphatic carbocycles. The molecule has 3 aromatic carbocycles. The van der Waals surface area contributed by atoms with Gasteiger partial charge in [0.2, 0.25) is 9.84 Å². The van der Waals surface area contributed by atoms with E-state index in [0.29, 0.717) is 11.3 Å². The summed E-state index contributed by atoms with van der Waals surface area (Å²) in [4.78, 5) is 15.3. The molecule has 0 unspecified atom stereocenters. The first kappa shape index (κ1) is 23.9. The first-order chi connectivity index (χ1) is 16.3. The zero-order valence-electron chi connectivity index (χ0n) is 19.1. The fourth-order valence-electron chi connectivity index (χ4n) is 3.96. The number of sulfone groups is 1. The molecule has 6 nitrogen and oxygen atoms in total. The average molecular weight is 496 g/mol. The van der Waals surface area contributed by atoms with Gasteiger partial charge < -0.3 is 14.7 Å². The minimum absolute atomic E-state index is 0.0319. The molecule has 0 fully saturated rings. The van der Waals surface area contributed by atoms with Crippen LogP contribution in [0, 0.1) is 6.92 Å². The molecule has 0 aromatic heterocycles. The lowest BCUT2D eigenvalue weighted by Crippen LogP contribution is -2.30. The maximum absolute atomic E-state index is 13.7. The van der Waals surface area contributed by atoms with Crippen LogP contribution in [0.4, 0.5) is 0 Å². The van der Waals surface area contributed by atoms with Crippen LogP contribution in [0.5, 0.6) is 5.75 Å². The summed E-state index contributed by atoms with van der Waals surface area (Å²) in [6, 6.07) is 19.9. The molecular weight excluding hydrogens is 470 g/mol. The van der Waals surface area contributed by atoms with Gasteiger partial charge in [-0.25, -0.2) is 8.42 Å². The van der Waals surface area contributed by atoms with Crippen molar-refractivity contribution in [3.63, 3.8) is 0 Å². The van der Waals surface area contributed by atoms with Gasteiger partial charge in [0.25, 0.3) is 5.91 Å². The van der Waals surface area contributed by atoms with Gasteiger partial charge in [-0.3, -0.25) is 4.79 Å². The predicted molar refractivity (Wildman–Crippen MR) is 133 cm³/mol. The topological polar surface area (TPSA) is 83.9 Å². The van der Waals surface area contributed by atoms with Gasteiger partial charge in [0.1, 0.15) is 10.7 Å². The quantitative estimate of drug-likeness (QED) is 0.462. The van der Waals surface area contributed by atoms with Crippen LogP contribution >= 0.6 is 11.8 Å². The molecule has 0 saturated heterocycles. The van der Waals surface area contributed by atoms with E-state index in [2.05, 4.69) is 0 Å². The Kier molecular flexibility index (Phi) is 6.72. The number of rotatable bonds is 7. The van der Waals surface area contributed by atoms with Gasteiger partial charge in [-0.15, -0.1) is 11.8 Å². The predicted octanol–water partition coefficient (Wildman–Crippen LogP) is 5.05. The van der Waals surface area contributed by atoms with Gasteiger partial charge >= 0.3 is 0 Å². The summed E-state index contributed by atoms with van der Waals surface area (Å²) < 4.78 is 32.5. The fourth-order valence-corrected chi connectivity index (χ4v) is 6.01. The Morgan fingerprint density at radius 3 is 2.15 bits per heavy atom. The molecule has 0 radical (unpaired) electrons.